The van der Waals surface area contributed by atoms with Gasteiger partial charge in [-0.1, -0.05) is 13.8 Å². The molecule has 1 aliphatic rings. The van der Waals surface area contributed by atoms with Crippen LogP contribution in [0, 0.1) is 18.8 Å². The molecule has 0 aliphatic heterocycles. The van der Waals surface area contributed by atoms with Crippen LogP contribution < -0.4 is 5.32 Å². The minimum absolute atomic E-state index is 0.603. The molecule has 102 valence electrons. The van der Waals surface area contributed by atoms with E-state index in [2.05, 4.69) is 47.1 Å². The highest BCUT2D eigenvalue weighted by atomic mass is 79.9. The molecule has 1 heterocycles. The fourth-order valence-electron chi connectivity index (χ4n) is 2.73. The molecule has 0 aromatic carbocycles. The van der Waals surface area contributed by atoms with Gasteiger partial charge in [0.2, 0.25) is 0 Å². The Bertz CT molecular complexity index is 413. The molecule has 0 spiro atoms. The number of hydrogen-bond acceptors (Lipinski definition) is 2. The van der Waals surface area contributed by atoms with Gasteiger partial charge in [0.25, 0.3) is 0 Å². The van der Waals surface area contributed by atoms with E-state index in [4.69, 9.17) is 0 Å². The number of hydrogen-bond donors (Lipinski definition) is 1. The van der Waals surface area contributed by atoms with Gasteiger partial charge < -0.3 is 5.32 Å². The van der Waals surface area contributed by atoms with Crippen molar-refractivity contribution >= 4 is 15.9 Å². The van der Waals surface area contributed by atoms with Crippen LogP contribution in [-0.2, 0) is 13.5 Å². The van der Waals surface area contributed by atoms with E-state index in [0.29, 0.717) is 6.04 Å². The van der Waals surface area contributed by atoms with Crippen LogP contribution in [0.4, 0.5) is 0 Å². The lowest BCUT2D eigenvalue weighted by atomic mass is 10.0. The zero-order valence-corrected chi connectivity index (χ0v) is 13.4. The molecular weight excluding hydrogens is 290 g/mol. The fraction of sp³-hybridized carbons (Fsp3) is 0.786. The van der Waals surface area contributed by atoms with Crippen LogP contribution in [0.5, 0.6) is 0 Å². The monoisotopic (exact) mass is 313 g/mol. The number of nitrogens with zero attached hydrogens (tertiary/aromatic N) is 2. The second kappa shape index (κ2) is 5.74. The summed E-state index contributed by atoms with van der Waals surface area (Å²) in [5.41, 5.74) is 2.41. The standard InChI is InChI=1S/C14H24BrN3/c1-5-6-16-12(11-7-9(11)2)8-13-14(15)10(3)17-18(13)4/h9,11-12,16H,5-8H2,1-4H3. The van der Waals surface area contributed by atoms with Crippen LogP contribution in [0.1, 0.15) is 38.1 Å². The highest BCUT2D eigenvalue weighted by molar-refractivity contribution is 9.10. The van der Waals surface area contributed by atoms with E-state index in [9.17, 15) is 0 Å². The highest BCUT2D eigenvalue weighted by Gasteiger charge is 2.39. The Morgan fingerprint density at radius 3 is 2.67 bits per heavy atom. The second-order valence-electron chi connectivity index (χ2n) is 5.61. The Morgan fingerprint density at radius 1 is 1.56 bits per heavy atom. The van der Waals surface area contributed by atoms with Gasteiger partial charge in [-0.2, -0.15) is 5.10 Å². The SMILES string of the molecule is CCCNC(Cc1c(Br)c(C)nn1C)C1CC1C. The first kappa shape index (κ1) is 14.1. The smallest absolute Gasteiger partial charge is 0.0738 e. The molecule has 3 atom stereocenters. The molecular formula is C14H24BrN3. The van der Waals surface area contributed by atoms with Crippen molar-refractivity contribution in [3.63, 3.8) is 0 Å². The van der Waals surface area contributed by atoms with Gasteiger partial charge in [0, 0.05) is 19.5 Å². The van der Waals surface area contributed by atoms with Gasteiger partial charge >= 0.3 is 0 Å². The van der Waals surface area contributed by atoms with Crippen LogP contribution in [0.25, 0.3) is 0 Å². The summed E-state index contributed by atoms with van der Waals surface area (Å²) in [5, 5.41) is 8.20. The summed E-state index contributed by atoms with van der Waals surface area (Å²) in [4.78, 5) is 0. The lowest BCUT2D eigenvalue weighted by Crippen LogP contribution is -2.35. The van der Waals surface area contributed by atoms with E-state index in [1.54, 1.807) is 0 Å². The molecule has 0 bridgehead atoms. The first-order valence-corrected chi connectivity index (χ1v) is 7.75. The summed E-state index contributed by atoms with van der Waals surface area (Å²) in [6.07, 6.45) is 3.64. The summed E-state index contributed by atoms with van der Waals surface area (Å²) in [7, 11) is 2.04. The van der Waals surface area contributed by atoms with E-state index in [1.165, 1.54) is 23.0 Å². The van der Waals surface area contributed by atoms with Crippen molar-refractivity contribution in [3.05, 3.63) is 15.9 Å². The van der Waals surface area contributed by atoms with Crippen molar-refractivity contribution in [2.75, 3.05) is 6.54 Å². The average molecular weight is 314 g/mol. The van der Waals surface area contributed by atoms with Crippen molar-refractivity contribution in [1.82, 2.24) is 15.1 Å². The van der Waals surface area contributed by atoms with Gasteiger partial charge in [-0.05, 0) is 54.1 Å². The predicted octanol–water partition coefficient (Wildman–Crippen LogP) is 3.06. The van der Waals surface area contributed by atoms with Crippen LogP contribution in [-0.4, -0.2) is 22.4 Å². The number of halogens is 1. The Morgan fingerprint density at radius 2 is 2.22 bits per heavy atom. The minimum atomic E-state index is 0.603. The summed E-state index contributed by atoms with van der Waals surface area (Å²) in [5.74, 6) is 1.73. The van der Waals surface area contributed by atoms with Crippen molar-refractivity contribution in [1.29, 1.82) is 0 Å². The minimum Gasteiger partial charge on any atom is -0.313 e. The molecule has 0 saturated heterocycles. The topological polar surface area (TPSA) is 29.9 Å². The van der Waals surface area contributed by atoms with Crippen LogP contribution in [0.15, 0.2) is 4.47 Å². The van der Waals surface area contributed by atoms with Crippen LogP contribution >= 0.6 is 15.9 Å². The molecule has 0 amide bonds. The summed E-state index contributed by atoms with van der Waals surface area (Å²) in [6, 6.07) is 0.603. The van der Waals surface area contributed by atoms with E-state index < -0.39 is 0 Å². The summed E-state index contributed by atoms with van der Waals surface area (Å²) in [6.45, 7) is 7.75. The van der Waals surface area contributed by atoms with E-state index in [1.807, 2.05) is 11.7 Å². The van der Waals surface area contributed by atoms with Gasteiger partial charge in [0.05, 0.1) is 15.9 Å². The average Bonchev–Trinajstić information content (AvgIpc) is 2.99. The normalized spacial score (nSPS) is 24.3. The molecule has 1 fully saturated rings. The predicted molar refractivity (Wildman–Crippen MR) is 78.7 cm³/mol. The molecule has 4 heteroatoms. The molecule has 18 heavy (non-hydrogen) atoms. The molecule has 1 aromatic rings. The zero-order chi connectivity index (χ0) is 13.3. The quantitative estimate of drug-likeness (QED) is 0.874. The molecule has 3 nitrogen and oxygen atoms in total. The van der Waals surface area contributed by atoms with Crippen LogP contribution in [0.3, 0.4) is 0 Å². The molecule has 1 aromatic heterocycles. The van der Waals surface area contributed by atoms with Crippen molar-refractivity contribution < 1.29 is 0 Å². The van der Waals surface area contributed by atoms with Gasteiger partial charge in [-0.15, -0.1) is 0 Å². The maximum absolute atomic E-state index is 4.48. The first-order chi connectivity index (χ1) is 8.54. The third kappa shape index (κ3) is 2.97. The van der Waals surface area contributed by atoms with Gasteiger partial charge in [0.15, 0.2) is 0 Å². The number of aryl methyl sites for hydroxylation is 2. The zero-order valence-electron chi connectivity index (χ0n) is 11.8. The van der Waals surface area contributed by atoms with Crippen molar-refractivity contribution in [2.45, 2.75) is 46.1 Å². The largest absolute Gasteiger partial charge is 0.313 e. The third-order valence-electron chi connectivity index (χ3n) is 4.02. The second-order valence-corrected chi connectivity index (χ2v) is 6.40. The number of rotatable bonds is 6. The van der Waals surface area contributed by atoms with Crippen molar-refractivity contribution in [2.24, 2.45) is 18.9 Å². The maximum Gasteiger partial charge on any atom is 0.0738 e. The lowest BCUT2D eigenvalue weighted by Gasteiger charge is -2.19. The van der Waals surface area contributed by atoms with Gasteiger partial charge in [-0.3, -0.25) is 4.68 Å². The highest BCUT2D eigenvalue weighted by Crippen LogP contribution is 2.42. The first-order valence-electron chi connectivity index (χ1n) is 6.96. The number of nitrogens with one attached hydrogen (secondary N) is 1. The molecule has 1 N–H and O–H groups in total. The van der Waals surface area contributed by atoms with Gasteiger partial charge in [0.1, 0.15) is 0 Å². The van der Waals surface area contributed by atoms with Crippen LogP contribution in [0.2, 0.25) is 0 Å². The maximum atomic E-state index is 4.48. The lowest BCUT2D eigenvalue weighted by molar-refractivity contribution is 0.433. The molecule has 1 aliphatic carbocycles. The molecule has 2 rings (SSSR count). The Labute approximate surface area is 118 Å². The Kier molecular flexibility index (Phi) is 4.49. The number of aromatic nitrogens is 2. The Balaban J connectivity index is 2.07. The van der Waals surface area contributed by atoms with E-state index in [0.717, 1.165) is 30.5 Å². The van der Waals surface area contributed by atoms with E-state index >= 15 is 0 Å². The molecule has 1 saturated carbocycles. The summed E-state index contributed by atoms with van der Waals surface area (Å²) < 4.78 is 3.20. The fourth-order valence-corrected chi connectivity index (χ4v) is 3.22. The summed E-state index contributed by atoms with van der Waals surface area (Å²) >= 11 is 3.67. The Hall–Kier alpha value is -0.350. The van der Waals surface area contributed by atoms with Crippen molar-refractivity contribution in [3.8, 4) is 0 Å². The van der Waals surface area contributed by atoms with Gasteiger partial charge in [-0.25, -0.2) is 0 Å². The third-order valence-corrected chi connectivity index (χ3v) is 5.05. The van der Waals surface area contributed by atoms with E-state index in [-0.39, 0.29) is 0 Å². The molecule has 0 radical (unpaired) electrons. The molecule has 3 unspecified atom stereocenters.